The molecular weight excluding hydrogens is 284 g/mol. The molecule has 0 saturated heterocycles. The number of nitro groups is 1. The van der Waals surface area contributed by atoms with E-state index in [1.165, 1.54) is 12.1 Å². The second-order valence-electron chi connectivity index (χ2n) is 4.86. The number of hydrogen-bond acceptors (Lipinski definition) is 5. The van der Waals surface area contributed by atoms with E-state index in [9.17, 15) is 23.6 Å². The predicted octanol–water partition coefficient (Wildman–Crippen LogP) is 1.28. The zero-order valence-corrected chi connectivity index (χ0v) is 12.1. The molecule has 20 heavy (non-hydrogen) atoms. The van der Waals surface area contributed by atoms with Crippen molar-refractivity contribution in [3.8, 4) is 0 Å². The van der Waals surface area contributed by atoms with Crippen LogP contribution in [0.3, 0.4) is 0 Å². The fraction of sp³-hybridized carbons (Fsp3) is 0.500. The van der Waals surface area contributed by atoms with Gasteiger partial charge >= 0.3 is 0 Å². The Balaban J connectivity index is 2.87. The molecule has 0 heterocycles. The normalized spacial score (nSPS) is 13.4. The quantitative estimate of drug-likeness (QED) is 0.582. The fourth-order valence-corrected chi connectivity index (χ4v) is 2.99. The Morgan fingerprint density at radius 2 is 1.95 bits per heavy atom. The van der Waals surface area contributed by atoms with Crippen molar-refractivity contribution < 1.29 is 18.4 Å². The van der Waals surface area contributed by atoms with E-state index in [1.807, 2.05) is 13.8 Å². The summed E-state index contributed by atoms with van der Waals surface area (Å²) < 4.78 is 26.2. The van der Waals surface area contributed by atoms with Crippen molar-refractivity contribution in [2.24, 2.45) is 5.92 Å². The molecule has 0 fully saturated rings. The monoisotopic (exact) mass is 302 g/mol. The Bertz CT molecular complexity index is 571. The topological polar surface area (TPSA) is 110 Å². The maximum atomic E-state index is 12.0. The first kappa shape index (κ1) is 16.5. The number of aliphatic hydroxyl groups excluding tert-OH is 1. The molecule has 1 aromatic carbocycles. The van der Waals surface area contributed by atoms with Gasteiger partial charge < -0.3 is 5.11 Å². The highest BCUT2D eigenvalue weighted by atomic mass is 32.2. The smallest absolute Gasteiger partial charge is 0.289 e. The lowest BCUT2D eigenvalue weighted by Gasteiger charge is -2.14. The van der Waals surface area contributed by atoms with Crippen molar-refractivity contribution in [3.05, 3.63) is 34.4 Å². The Kier molecular flexibility index (Phi) is 5.61. The summed E-state index contributed by atoms with van der Waals surface area (Å²) in [5, 5.41) is 20.5. The zero-order valence-electron chi connectivity index (χ0n) is 11.3. The van der Waals surface area contributed by atoms with Crippen LogP contribution in [0.1, 0.15) is 20.3 Å². The van der Waals surface area contributed by atoms with Gasteiger partial charge in [0.15, 0.2) is 4.90 Å². The molecule has 7 nitrogen and oxygen atoms in total. The van der Waals surface area contributed by atoms with Crippen LogP contribution in [-0.4, -0.2) is 31.1 Å². The molecule has 8 heteroatoms. The third-order valence-corrected chi connectivity index (χ3v) is 4.07. The van der Waals surface area contributed by atoms with Gasteiger partial charge in [-0.15, -0.1) is 0 Å². The van der Waals surface area contributed by atoms with E-state index in [1.54, 1.807) is 0 Å². The van der Waals surface area contributed by atoms with E-state index in [0.717, 1.165) is 12.1 Å². The van der Waals surface area contributed by atoms with E-state index in [-0.39, 0.29) is 12.5 Å². The van der Waals surface area contributed by atoms with Crippen LogP contribution in [-0.2, 0) is 10.0 Å². The highest BCUT2D eigenvalue weighted by molar-refractivity contribution is 7.89. The molecule has 0 aromatic heterocycles. The van der Waals surface area contributed by atoms with Crippen LogP contribution in [0.2, 0.25) is 0 Å². The highest BCUT2D eigenvalue weighted by Gasteiger charge is 2.25. The van der Waals surface area contributed by atoms with Gasteiger partial charge in [0.05, 0.1) is 11.0 Å². The highest BCUT2D eigenvalue weighted by Crippen LogP contribution is 2.22. The molecule has 2 N–H and O–H groups in total. The second kappa shape index (κ2) is 6.78. The maximum Gasteiger partial charge on any atom is 0.289 e. The van der Waals surface area contributed by atoms with Crippen LogP contribution in [0.5, 0.6) is 0 Å². The molecule has 1 atom stereocenters. The second-order valence-corrected chi connectivity index (χ2v) is 6.60. The Morgan fingerprint density at radius 1 is 1.35 bits per heavy atom. The maximum absolute atomic E-state index is 12.0. The molecule has 0 amide bonds. The summed E-state index contributed by atoms with van der Waals surface area (Å²) >= 11 is 0. The van der Waals surface area contributed by atoms with Gasteiger partial charge in [-0.3, -0.25) is 10.1 Å². The van der Waals surface area contributed by atoms with E-state index < -0.39 is 31.6 Å². The van der Waals surface area contributed by atoms with Crippen LogP contribution < -0.4 is 4.72 Å². The van der Waals surface area contributed by atoms with E-state index in [4.69, 9.17) is 0 Å². The Morgan fingerprint density at radius 3 is 2.50 bits per heavy atom. The molecule has 0 spiro atoms. The summed E-state index contributed by atoms with van der Waals surface area (Å²) in [5.74, 6) is 0.223. The Labute approximate surface area is 117 Å². The largest absolute Gasteiger partial charge is 0.392 e. The summed E-state index contributed by atoms with van der Waals surface area (Å²) in [6, 6.07) is 5.09. The first-order chi connectivity index (χ1) is 9.24. The molecule has 0 aliphatic carbocycles. The van der Waals surface area contributed by atoms with Gasteiger partial charge in [0.25, 0.3) is 5.69 Å². The lowest BCUT2D eigenvalue weighted by atomic mass is 10.1. The molecular formula is C12H18N2O5S. The van der Waals surface area contributed by atoms with Gasteiger partial charge in [0.2, 0.25) is 10.0 Å². The van der Waals surface area contributed by atoms with Crippen molar-refractivity contribution in [3.63, 3.8) is 0 Å². The average Bonchev–Trinajstić information content (AvgIpc) is 2.36. The summed E-state index contributed by atoms with van der Waals surface area (Å²) in [6.45, 7) is 3.63. The van der Waals surface area contributed by atoms with Crippen LogP contribution in [0.4, 0.5) is 5.69 Å². The minimum Gasteiger partial charge on any atom is -0.392 e. The number of para-hydroxylation sites is 1. The molecule has 1 unspecified atom stereocenters. The van der Waals surface area contributed by atoms with E-state index in [0.29, 0.717) is 6.42 Å². The average molecular weight is 302 g/mol. The zero-order chi connectivity index (χ0) is 15.3. The van der Waals surface area contributed by atoms with Crippen LogP contribution in [0.25, 0.3) is 0 Å². The van der Waals surface area contributed by atoms with Crippen LogP contribution >= 0.6 is 0 Å². The SMILES string of the molecule is CC(C)CC(O)CNS(=O)(=O)c1ccccc1[N+](=O)[O-]. The standard InChI is InChI=1S/C12H18N2O5S/c1-9(2)7-10(15)8-13-20(18,19)12-6-4-3-5-11(12)14(16)17/h3-6,9-10,13,15H,7-8H2,1-2H3. The minimum absolute atomic E-state index is 0.174. The summed E-state index contributed by atoms with van der Waals surface area (Å²) in [7, 11) is -4.02. The van der Waals surface area contributed by atoms with Crippen molar-refractivity contribution in [2.45, 2.75) is 31.3 Å². The van der Waals surface area contributed by atoms with Gasteiger partial charge in [-0.1, -0.05) is 26.0 Å². The number of sulfonamides is 1. The molecule has 1 aromatic rings. The number of aliphatic hydroxyl groups is 1. The lowest BCUT2D eigenvalue weighted by Crippen LogP contribution is -2.33. The van der Waals surface area contributed by atoms with Crippen LogP contribution in [0.15, 0.2) is 29.2 Å². The van der Waals surface area contributed by atoms with Gasteiger partial charge in [-0.05, 0) is 18.4 Å². The summed E-state index contributed by atoms with van der Waals surface area (Å²) in [5.41, 5.74) is -0.488. The summed E-state index contributed by atoms with van der Waals surface area (Å²) in [4.78, 5) is 9.66. The van der Waals surface area contributed by atoms with Gasteiger partial charge in [0.1, 0.15) is 0 Å². The summed E-state index contributed by atoms with van der Waals surface area (Å²) in [6.07, 6.45) is -0.382. The number of nitro benzene ring substituents is 1. The third kappa shape index (κ3) is 4.55. The van der Waals surface area contributed by atoms with Crippen molar-refractivity contribution in [1.29, 1.82) is 0 Å². The molecule has 0 saturated carbocycles. The van der Waals surface area contributed by atoms with E-state index >= 15 is 0 Å². The molecule has 0 aliphatic rings. The van der Waals surface area contributed by atoms with Gasteiger partial charge in [-0.25, -0.2) is 13.1 Å². The number of rotatable bonds is 7. The number of nitrogens with one attached hydrogen (secondary N) is 1. The molecule has 0 aliphatic heterocycles. The Hall–Kier alpha value is -1.51. The predicted molar refractivity (Wildman–Crippen MR) is 73.7 cm³/mol. The lowest BCUT2D eigenvalue weighted by molar-refractivity contribution is -0.387. The molecule has 1 rings (SSSR count). The minimum atomic E-state index is -4.02. The van der Waals surface area contributed by atoms with Crippen LogP contribution in [0, 0.1) is 16.0 Å². The van der Waals surface area contributed by atoms with Crippen molar-refractivity contribution in [2.75, 3.05) is 6.54 Å². The van der Waals surface area contributed by atoms with E-state index in [2.05, 4.69) is 4.72 Å². The molecule has 112 valence electrons. The number of benzene rings is 1. The first-order valence-corrected chi connectivity index (χ1v) is 7.63. The van der Waals surface area contributed by atoms with Gasteiger partial charge in [0, 0.05) is 12.6 Å². The molecule has 0 radical (unpaired) electrons. The number of hydrogen-bond donors (Lipinski definition) is 2. The van der Waals surface area contributed by atoms with Crippen molar-refractivity contribution in [1.82, 2.24) is 4.72 Å². The first-order valence-electron chi connectivity index (χ1n) is 6.15. The van der Waals surface area contributed by atoms with Crippen molar-refractivity contribution >= 4 is 15.7 Å². The molecule has 0 bridgehead atoms. The third-order valence-electron chi connectivity index (χ3n) is 2.60. The van der Waals surface area contributed by atoms with Gasteiger partial charge in [-0.2, -0.15) is 0 Å². The number of nitrogens with zero attached hydrogens (tertiary/aromatic N) is 1. The fourth-order valence-electron chi connectivity index (χ4n) is 1.75.